The SMILES string of the molecule is CC(=O)N(CC(=O)Nc1ccc(C(C)C)cc1)C1CCCC1. The molecule has 0 atom stereocenters. The molecule has 0 spiro atoms. The lowest BCUT2D eigenvalue weighted by molar-refractivity contribution is -0.135. The maximum absolute atomic E-state index is 12.2. The maximum Gasteiger partial charge on any atom is 0.244 e. The van der Waals surface area contributed by atoms with E-state index in [-0.39, 0.29) is 24.4 Å². The second-order valence-electron chi connectivity index (χ2n) is 6.41. The highest BCUT2D eigenvalue weighted by Gasteiger charge is 2.26. The number of hydrogen-bond acceptors (Lipinski definition) is 2. The molecule has 22 heavy (non-hydrogen) atoms. The van der Waals surface area contributed by atoms with Gasteiger partial charge in [0.25, 0.3) is 0 Å². The monoisotopic (exact) mass is 302 g/mol. The van der Waals surface area contributed by atoms with Crippen molar-refractivity contribution in [3.63, 3.8) is 0 Å². The summed E-state index contributed by atoms with van der Waals surface area (Å²) in [6.45, 7) is 5.97. The third-order valence-electron chi connectivity index (χ3n) is 4.34. The van der Waals surface area contributed by atoms with Crippen LogP contribution < -0.4 is 5.32 Å². The Morgan fingerprint density at radius 2 is 1.77 bits per heavy atom. The highest BCUT2D eigenvalue weighted by molar-refractivity contribution is 5.94. The molecule has 0 bridgehead atoms. The van der Waals surface area contributed by atoms with Crippen molar-refractivity contribution < 1.29 is 9.59 Å². The average Bonchev–Trinajstić information content (AvgIpc) is 2.99. The van der Waals surface area contributed by atoms with Gasteiger partial charge in [0.15, 0.2) is 0 Å². The van der Waals surface area contributed by atoms with Gasteiger partial charge in [0.2, 0.25) is 11.8 Å². The largest absolute Gasteiger partial charge is 0.331 e. The number of anilines is 1. The third-order valence-corrected chi connectivity index (χ3v) is 4.34. The predicted octanol–water partition coefficient (Wildman–Crippen LogP) is 3.54. The van der Waals surface area contributed by atoms with E-state index in [1.807, 2.05) is 24.3 Å². The standard InChI is InChI=1S/C18H26N2O2/c1-13(2)15-8-10-16(11-9-15)19-18(22)12-20(14(3)21)17-6-4-5-7-17/h8-11,13,17H,4-7,12H2,1-3H3,(H,19,22). The van der Waals surface area contributed by atoms with Crippen molar-refractivity contribution in [2.75, 3.05) is 11.9 Å². The molecule has 0 aliphatic heterocycles. The van der Waals surface area contributed by atoms with E-state index in [1.165, 1.54) is 5.56 Å². The van der Waals surface area contributed by atoms with Crippen LogP contribution in [0.25, 0.3) is 0 Å². The Kier molecular flexibility index (Phi) is 5.58. The van der Waals surface area contributed by atoms with Crippen molar-refractivity contribution in [1.82, 2.24) is 4.90 Å². The van der Waals surface area contributed by atoms with Crippen LogP contribution in [0.1, 0.15) is 57.9 Å². The van der Waals surface area contributed by atoms with Crippen molar-refractivity contribution in [3.8, 4) is 0 Å². The van der Waals surface area contributed by atoms with Crippen LogP contribution in [0, 0.1) is 0 Å². The molecule has 2 amide bonds. The first-order valence-corrected chi connectivity index (χ1v) is 8.14. The molecule has 0 aromatic heterocycles. The molecule has 1 aromatic rings. The van der Waals surface area contributed by atoms with Gasteiger partial charge in [-0.1, -0.05) is 38.8 Å². The molecule has 1 saturated carbocycles. The molecule has 120 valence electrons. The summed E-state index contributed by atoms with van der Waals surface area (Å²) < 4.78 is 0. The zero-order valence-electron chi connectivity index (χ0n) is 13.8. The maximum atomic E-state index is 12.2. The summed E-state index contributed by atoms with van der Waals surface area (Å²) in [5.74, 6) is 0.330. The first kappa shape index (κ1) is 16.5. The van der Waals surface area contributed by atoms with Gasteiger partial charge in [0, 0.05) is 18.7 Å². The molecule has 1 aromatic carbocycles. The second-order valence-corrected chi connectivity index (χ2v) is 6.41. The van der Waals surface area contributed by atoms with E-state index in [2.05, 4.69) is 19.2 Å². The van der Waals surface area contributed by atoms with Gasteiger partial charge in [-0.3, -0.25) is 9.59 Å². The van der Waals surface area contributed by atoms with Crippen LogP contribution in [0.5, 0.6) is 0 Å². The summed E-state index contributed by atoms with van der Waals surface area (Å²) in [5, 5.41) is 2.88. The van der Waals surface area contributed by atoms with E-state index in [0.717, 1.165) is 31.4 Å². The van der Waals surface area contributed by atoms with Gasteiger partial charge in [-0.25, -0.2) is 0 Å². The van der Waals surface area contributed by atoms with E-state index in [1.54, 1.807) is 11.8 Å². The number of carbonyl (C=O) groups excluding carboxylic acids is 2. The third kappa shape index (κ3) is 4.33. The van der Waals surface area contributed by atoms with Crippen LogP contribution in [0.3, 0.4) is 0 Å². The molecule has 4 heteroatoms. The van der Waals surface area contributed by atoms with Gasteiger partial charge in [0.1, 0.15) is 6.54 Å². The minimum atomic E-state index is -0.126. The summed E-state index contributed by atoms with van der Waals surface area (Å²) in [6, 6.07) is 8.12. The highest BCUT2D eigenvalue weighted by Crippen LogP contribution is 2.23. The smallest absolute Gasteiger partial charge is 0.244 e. The number of nitrogens with one attached hydrogen (secondary N) is 1. The minimum Gasteiger partial charge on any atom is -0.331 e. The van der Waals surface area contributed by atoms with Gasteiger partial charge < -0.3 is 10.2 Å². The molecule has 1 aliphatic carbocycles. The van der Waals surface area contributed by atoms with E-state index in [9.17, 15) is 9.59 Å². The first-order chi connectivity index (χ1) is 10.5. The Hall–Kier alpha value is -1.84. The number of amides is 2. The molecule has 0 unspecified atom stereocenters. The lowest BCUT2D eigenvalue weighted by atomic mass is 10.0. The molecule has 0 heterocycles. The van der Waals surface area contributed by atoms with Gasteiger partial charge >= 0.3 is 0 Å². The number of benzene rings is 1. The Balaban J connectivity index is 1.94. The van der Waals surface area contributed by atoms with Crippen LogP contribution in [-0.2, 0) is 9.59 Å². The van der Waals surface area contributed by atoms with Crippen molar-refractivity contribution in [3.05, 3.63) is 29.8 Å². The fourth-order valence-electron chi connectivity index (χ4n) is 3.02. The molecule has 2 rings (SSSR count). The van der Waals surface area contributed by atoms with Crippen LogP contribution in [0.15, 0.2) is 24.3 Å². The van der Waals surface area contributed by atoms with Crippen molar-refractivity contribution >= 4 is 17.5 Å². The summed E-state index contributed by atoms with van der Waals surface area (Å²) in [5.41, 5.74) is 2.03. The van der Waals surface area contributed by atoms with E-state index in [0.29, 0.717) is 5.92 Å². The zero-order chi connectivity index (χ0) is 16.1. The van der Waals surface area contributed by atoms with E-state index < -0.39 is 0 Å². The Morgan fingerprint density at radius 3 is 2.27 bits per heavy atom. The average molecular weight is 302 g/mol. The fourth-order valence-corrected chi connectivity index (χ4v) is 3.02. The second kappa shape index (κ2) is 7.43. The van der Waals surface area contributed by atoms with Gasteiger partial charge in [0.05, 0.1) is 0 Å². The van der Waals surface area contributed by atoms with Gasteiger partial charge in [-0.2, -0.15) is 0 Å². The van der Waals surface area contributed by atoms with Gasteiger partial charge in [-0.15, -0.1) is 0 Å². The van der Waals surface area contributed by atoms with Crippen LogP contribution in [0.4, 0.5) is 5.69 Å². The summed E-state index contributed by atoms with van der Waals surface area (Å²) in [6.07, 6.45) is 4.31. The topological polar surface area (TPSA) is 49.4 Å². The Labute approximate surface area is 132 Å². The number of nitrogens with zero attached hydrogens (tertiary/aromatic N) is 1. The normalized spacial score (nSPS) is 15.1. The Morgan fingerprint density at radius 1 is 1.18 bits per heavy atom. The summed E-state index contributed by atoms with van der Waals surface area (Å²) in [4.78, 5) is 25.7. The van der Waals surface area contributed by atoms with Gasteiger partial charge in [-0.05, 0) is 36.5 Å². The number of hydrogen-bond donors (Lipinski definition) is 1. The molecule has 1 N–H and O–H groups in total. The molecule has 0 radical (unpaired) electrons. The molecule has 4 nitrogen and oxygen atoms in total. The van der Waals surface area contributed by atoms with Crippen LogP contribution >= 0.6 is 0 Å². The molecule has 1 aliphatic rings. The predicted molar refractivity (Wildman–Crippen MR) is 88.8 cm³/mol. The fraction of sp³-hybridized carbons (Fsp3) is 0.556. The molecular formula is C18H26N2O2. The number of carbonyl (C=O) groups is 2. The molecule has 0 saturated heterocycles. The quantitative estimate of drug-likeness (QED) is 0.904. The highest BCUT2D eigenvalue weighted by atomic mass is 16.2. The minimum absolute atomic E-state index is 0.0165. The lowest BCUT2D eigenvalue weighted by Crippen LogP contribution is -2.42. The summed E-state index contributed by atoms with van der Waals surface area (Å²) >= 11 is 0. The number of rotatable bonds is 5. The summed E-state index contributed by atoms with van der Waals surface area (Å²) in [7, 11) is 0. The van der Waals surface area contributed by atoms with E-state index >= 15 is 0 Å². The zero-order valence-corrected chi connectivity index (χ0v) is 13.8. The Bertz CT molecular complexity index is 516. The van der Waals surface area contributed by atoms with Crippen LogP contribution in [-0.4, -0.2) is 29.3 Å². The van der Waals surface area contributed by atoms with Crippen LogP contribution in [0.2, 0.25) is 0 Å². The first-order valence-electron chi connectivity index (χ1n) is 8.14. The molecular weight excluding hydrogens is 276 g/mol. The lowest BCUT2D eigenvalue weighted by Gasteiger charge is -2.27. The molecule has 1 fully saturated rings. The van der Waals surface area contributed by atoms with Crippen molar-refractivity contribution in [2.24, 2.45) is 0 Å². The van der Waals surface area contributed by atoms with E-state index in [4.69, 9.17) is 0 Å². The van der Waals surface area contributed by atoms with Crippen molar-refractivity contribution in [1.29, 1.82) is 0 Å². The van der Waals surface area contributed by atoms with Crippen molar-refractivity contribution in [2.45, 2.75) is 58.4 Å².